The van der Waals surface area contributed by atoms with Gasteiger partial charge in [0.25, 0.3) is 0 Å². The molecule has 4 N–H and O–H groups in total. The number of anilines is 3. The Morgan fingerprint density at radius 1 is 1.53 bits per heavy atom. The van der Waals surface area contributed by atoms with Crippen LogP contribution in [0.1, 0.15) is 23.1 Å². The van der Waals surface area contributed by atoms with E-state index in [1.807, 2.05) is 14.0 Å². The minimum atomic E-state index is -1.09. The van der Waals surface area contributed by atoms with Crippen molar-refractivity contribution in [3.05, 3.63) is 29.7 Å². The third-order valence-corrected chi connectivity index (χ3v) is 2.64. The molecule has 2 rings (SSSR count). The molecule has 0 aliphatic carbocycles. The van der Waals surface area contributed by atoms with Gasteiger partial charge in [0.2, 0.25) is 0 Å². The molecule has 0 unspecified atom stereocenters. The molecule has 100 valence electrons. The minimum Gasteiger partial charge on any atom is -0.477 e. The fourth-order valence-corrected chi connectivity index (χ4v) is 1.72. The van der Waals surface area contributed by atoms with Gasteiger partial charge in [0.05, 0.1) is 17.1 Å². The number of nitrogens with one attached hydrogen (secondary N) is 1. The second-order valence-electron chi connectivity index (χ2n) is 4.08. The Labute approximate surface area is 110 Å². The van der Waals surface area contributed by atoms with Gasteiger partial charge in [-0.25, -0.2) is 9.78 Å². The molecule has 0 bridgehead atoms. The van der Waals surface area contributed by atoms with Crippen molar-refractivity contribution >= 4 is 23.2 Å². The van der Waals surface area contributed by atoms with Gasteiger partial charge in [0.1, 0.15) is 0 Å². The number of aryl methyl sites for hydroxylation is 2. The highest BCUT2D eigenvalue weighted by Gasteiger charge is 2.11. The van der Waals surface area contributed by atoms with Crippen molar-refractivity contribution in [2.24, 2.45) is 7.05 Å². The van der Waals surface area contributed by atoms with Crippen LogP contribution in [0, 0.1) is 0 Å². The SMILES string of the molecule is CCc1nn(C)cc1Nc1nc(C(=O)O)ccc1N. The Bertz CT molecular complexity index is 621. The molecule has 0 saturated heterocycles. The number of rotatable bonds is 4. The van der Waals surface area contributed by atoms with Gasteiger partial charge in [-0.3, -0.25) is 4.68 Å². The predicted molar refractivity (Wildman–Crippen MR) is 71.5 cm³/mol. The average Bonchev–Trinajstić information content (AvgIpc) is 2.72. The van der Waals surface area contributed by atoms with Crippen LogP contribution in [0.5, 0.6) is 0 Å². The second-order valence-corrected chi connectivity index (χ2v) is 4.08. The van der Waals surface area contributed by atoms with Crippen LogP contribution in [0.25, 0.3) is 0 Å². The Hall–Kier alpha value is -2.57. The van der Waals surface area contributed by atoms with E-state index in [2.05, 4.69) is 15.4 Å². The lowest BCUT2D eigenvalue weighted by Gasteiger charge is -2.08. The summed E-state index contributed by atoms with van der Waals surface area (Å²) in [7, 11) is 1.81. The van der Waals surface area contributed by atoms with E-state index >= 15 is 0 Å². The summed E-state index contributed by atoms with van der Waals surface area (Å²) in [5.41, 5.74) is 7.75. The van der Waals surface area contributed by atoms with Crippen LogP contribution < -0.4 is 11.1 Å². The van der Waals surface area contributed by atoms with Gasteiger partial charge < -0.3 is 16.2 Å². The van der Waals surface area contributed by atoms with Gasteiger partial charge in [-0.1, -0.05) is 6.92 Å². The van der Waals surface area contributed by atoms with Gasteiger partial charge in [-0.15, -0.1) is 0 Å². The standard InChI is InChI=1S/C12H15N5O2/c1-3-8-10(6-17(2)16-8)15-11-7(13)4-5-9(14-11)12(18)19/h4-6H,3,13H2,1-2H3,(H,14,15)(H,18,19). The Balaban J connectivity index is 2.36. The first-order valence-electron chi connectivity index (χ1n) is 5.80. The maximum atomic E-state index is 10.9. The van der Waals surface area contributed by atoms with E-state index in [0.29, 0.717) is 11.5 Å². The summed E-state index contributed by atoms with van der Waals surface area (Å²) in [4.78, 5) is 14.9. The first-order chi connectivity index (χ1) is 9.01. The monoisotopic (exact) mass is 261 g/mol. The van der Waals surface area contributed by atoms with E-state index in [9.17, 15) is 4.79 Å². The number of nitrogens with two attached hydrogens (primary N) is 1. The molecule has 0 atom stereocenters. The van der Waals surface area contributed by atoms with Crippen LogP contribution in [0.15, 0.2) is 18.3 Å². The summed E-state index contributed by atoms with van der Waals surface area (Å²) in [6, 6.07) is 2.88. The number of nitrogen functional groups attached to an aromatic ring is 1. The van der Waals surface area contributed by atoms with Crippen LogP contribution in [-0.2, 0) is 13.5 Å². The van der Waals surface area contributed by atoms with E-state index in [4.69, 9.17) is 10.8 Å². The predicted octanol–water partition coefficient (Wildman–Crippen LogP) is 1.40. The Kier molecular flexibility index (Phi) is 3.37. The van der Waals surface area contributed by atoms with E-state index in [-0.39, 0.29) is 5.69 Å². The summed E-state index contributed by atoms with van der Waals surface area (Å²) < 4.78 is 1.68. The number of carbonyl (C=O) groups is 1. The molecule has 0 aliphatic rings. The molecule has 0 radical (unpaired) electrons. The fourth-order valence-electron chi connectivity index (χ4n) is 1.72. The van der Waals surface area contributed by atoms with Gasteiger partial charge in [0, 0.05) is 13.2 Å². The first-order valence-corrected chi connectivity index (χ1v) is 5.80. The fraction of sp³-hybridized carbons (Fsp3) is 0.250. The number of aromatic carboxylic acids is 1. The molecule has 2 aromatic rings. The van der Waals surface area contributed by atoms with Crippen LogP contribution in [0.2, 0.25) is 0 Å². The Morgan fingerprint density at radius 3 is 2.89 bits per heavy atom. The largest absolute Gasteiger partial charge is 0.477 e. The molecule has 2 heterocycles. The maximum Gasteiger partial charge on any atom is 0.354 e. The van der Waals surface area contributed by atoms with Crippen molar-refractivity contribution < 1.29 is 9.90 Å². The number of hydrogen-bond acceptors (Lipinski definition) is 5. The van der Waals surface area contributed by atoms with Crippen LogP contribution in [0.3, 0.4) is 0 Å². The molecule has 0 amide bonds. The summed E-state index contributed by atoms with van der Waals surface area (Å²) in [5, 5.41) is 16.2. The van der Waals surface area contributed by atoms with E-state index in [1.165, 1.54) is 12.1 Å². The summed E-state index contributed by atoms with van der Waals surface area (Å²) in [5.74, 6) is -0.771. The lowest BCUT2D eigenvalue weighted by Crippen LogP contribution is -2.06. The highest BCUT2D eigenvalue weighted by Crippen LogP contribution is 2.23. The quantitative estimate of drug-likeness (QED) is 0.768. The average molecular weight is 261 g/mol. The van der Waals surface area contributed by atoms with E-state index in [1.54, 1.807) is 10.9 Å². The topological polar surface area (TPSA) is 106 Å². The molecule has 2 aromatic heterocycles. The zero-order chi connectivity index (χ0) is 14.0. The molecule has 7 nitrogen and oxygen atoms in total. The molecule has 0 aliphatic heterocycles. The van der Waals surface area contributed by atoms with Crippen molar-refractivity contribution in [2.45, 2.75) is 13.3 Å². The van der Waals surface area contributed by atoms with Crippen molar-refractivity contribution in [1.29, 1.82) is 0 Å². The molecule has 19 heavy (non-hydrogen) atoms. The highest BCUT2D eigenvalue weighted by molar-refractivity contribution is 5.87. The molecular weight excluding hydrogens is 246 g/mol. The second kappa shape index (κ2) is 4.97. The van der Waals surface area contributed by atoms with Crippen molar-refractivity contribution in [1.82, 2.24) is 14.8 Å². The zero-order valence-corrected chi connectivity index (χ0v) is 10.7. The lowest BCUT2D eigenvalue weighted by molar-refractivity contribution is 0.0690. The summed E-state index contributed by atoms with van der Waals surface area (Å²) in [6.45, 7) is 1.98. The molecule has 7 heteroatoms. The zero-order valence-electron chi connectivity index (χ0n) is 10.7. The maximum absolute atomic E-state index is 10.9. The third-order valence-electron chi connectivity index (χ3n) is 2.64. The van der Waals surface area contributed by atoms with Crippen LogP contribution in [0.4, 0.5) is 17.2 Å². The third kappa shape index (κ3) is 2.65. The van der Waals surface area contributed by atoms with Crippen molar-refractivity contribution in [2.75, 3.05) is 11.1 Å². The van der Waals surface area contributed by atoms with E-state index in [0.717, 1.165) is 17.8 Å². The molecule has 0 aromatic carbocycles. The first kappa shape index (κ1) is 12.9. The number of aromatic nitrogens is 3. The lowest BCUT2D eigenvalue weighted by atomic mass is 10.3. The smallest absolute Gasteiger partial charge is 0.354 e. The Morgan fingerprint density at radius 2 is 2.26 bits per heavy atom. The number of hydrogen-bond donors (Lipinski definition) is 3. The normalized spacial score (nSPS) is 10.4. The molecule has 0 saturated carbocycles. The number of pyridine rings is 1. The van der Waals surface area contributed by atoms with Crippen molar-refractivity contribution in [3.8, 4) is 0 Å². The summed E-state index contributed by atoms with van der Waals surface area (Å²) >= 11 is 0. The van der Waals surface area contributed by atoms with Gasteiger partial charge in [-0.2, -0.15) is 5.10 Å². The minimum absolute atomic E-state index is 0.0568. The number of carboxylic acids is 1. The molecular formula is C12H15N5O2. The van der Waals surface area contributed by atoms with Gasteiger partial charge in [0.15, 0.2) is 11.5 Å². The molecule has 0 fully saturated rings. The van der Waals surface area contributed by atoms with E-state index < -0.39 is 5.97 Å². The van der Waals surface area contributed by atoms with Crippen molar-refractivity contribution in [3.63, 3.8) is 0 Å². The van der Waals surface area contributed by atoms with Gasteiger partial charge >= 0.3 is 5.97 Å². The van der Waals surface area contributed by atoms with Gasteiger partial charge in [-0.05, 0) is 18.6 Å². The van der Waals surface area contributed by atoms with Crippen LogP contribution in [-0.4, -0.2) is 25.8 Å². The summed E-state index contributed by atoms with van der Waals surface area (Å²) in [6.07, 6.45) is 2.55. The highest BCUT2D eigenvalue weighted by atomic mass is 16.4. The van der Waals surface area contributed by atoms with Crippen LogP contribution >= 0.6 is 0 Å². The molecule has 0 spiro atoms. The number of carboxylic acid groups (broad SMARTS) is 1. The number of nitrogens with zero attached hydrogens (tertiary/aromatic N) is 3.